The Kier molecular flexibility index (Phi) is 5.61. The molecule has 0 spiro atoms. The summed E-state index contributed by atoms with van der Waals surface area (Å²) in [6.07, 6.45) is 3.11. The van der Waals surface area contributed by atoms with Crippen molar-refractivity contribution in [2.75, 3.05) is 0 Å². The molecule has 20 heavy (non-hydrogen) atoms. The first-order chi connectivity index (χ1) is 9.47. The highest BCUT2D eigenvalue weighted by molar-refractivity contribution is 5.69. The third kappa shape index (κ3) is 4.33. The zero-order valence-corrected chi connectivity index (χ0v) is 11.1. The van der Waals surface area contributed by atoms with Gasteiger partial charge in [0.1, 0.15) is 12.4 Å². The molecule has 1 N–H and O–H groups in total. The molecule has 0 aliphatic heterocycles. The van der Waals surface area contributed by atoms with E-state index in [-0.39, 0.29) is 23.2 Å². The molecule has 0 saturated heterocycles. The smallest absolute Gasteiger partial charge is 0.188 e. The molecule has 6 nitrogen and oxygen atoms in total. The van der Waals surface area contributed by atoms with E-state index in [9.17, 15) is 14.4 Å². The molecule has 0 saturated carbocycles. The molecule has 2 aromatic rings. The normalized spacial score (nSPS) is 9.55. The lowest BCUT2D eigenvalue weighted by Gasteiger charge is -1.93. The second-order valence-electron chi connectivity index (χ2n) is 4.00. The molecule has 0 aromatic carbocycles. The minimum atomic E-state index is -0.227. The number of rotatable bonds is 2. The summed E-state index contributed by atoms with van der Waals surface area (Å²) in [5.74, 6) is 0.367. The van der Waals surface area contributed by atoms with Gasteiger partial charge >= 0.3 is 0 Å². The van der Waals surface area contributed by atoms with Gasteiger partial charge in [-0.15, -0.1) is 0 Å². The molecule has 0 bridgehead atoms. The summed E-state index contributed by atoms with van der Waals surface area (Å²) < 4.78 is 9.56. The second-order valence-corrected chi connectivity index (χ2v) is 4.00. The number of aliphatic hydroxyl groups excluding tert-OH is 1. The fourth-order valence-corrected chi connectivity index (χ4v) is 1.15. The van der Waals surface area contributed by atoms with Crippen molar-refractivity contribution >= 4 is 6.29 Å². The fraction of sp³-hybridized carbons (Fsp3) is 0.214. The van der Waals surface area contributed by atoms with Gasteiger partial charge in [-0.3, -0.25) is 14.4 Å². The van der Waals surface area contributed by atoms with Gasteiger partial charge in [-0.05, 0) is 13.8 Å². The van der Waals surface area contributed by atoms with Crippen LogP contribution in [0.25, 0.3) is 0 Å². The SMILES string of the molecule is Cc1coc(C=O)cc1=O.Cc1coc(CO)cc1=O. The number of aryl methyl sites for hydroxylation is 2. The largest absolute Gasteiger partial charge is 0.466 e. The average Bonchev–Trinajstić information content (AvgIpc) is 2.45. The summed E-state index contributed by atoms with van der Waals surface area (Å²) in [5, 5.41) is 8.52. The molecule has 0 fully saturated rings. The van der Waals surface area contributed by atoms with Crippen molar-refractivity contribution in [3.63, 3.8) is 0 Å². The first-order valence-corrected chi connectivity index (χ1v) is 5.71. The Balaban J connectivity index is 0.000000200. The van der Waals surface area contributed by atoms with Crippen molar-refractivity contribution < 1.29 is 18.7 Å². The Bertz CT molecular complexity index is 695. The summed E-state index contributed by atoms with van der Waals surface area (Å²) in [7, 11) is 0. The maximum atomic E-state index is 10.8. The van der Waals surface area contributed by atoms with E-state index in [0.29, 0.717) is 23.2 Å². The van der Waals surface area contributed by atoms with Crippen LogP contribution in [0.5, 0.6) is 0 Å². The monoisotopic (exact) mass is 278 g/mol. The van der Waals surface area contributed by atoms with Crippen molar-refractivity contribution in [2.45, 2.75) is 20.5 Å². The van der Waals surface area contributed by atoms with E-state index in [0.717, 1.165) is 0 Å². The second kappa shape index (κ2) is 7.20. The number of hydrogen-bond donors (Lipinski definition) is 1. The number of carbonyl (C=O) groups excluding carboxylic acids is 1. The first-order valence-electron chi connectivity index (χ1n) is 5.71. The van der Waals surface area contributed by atoms with Gasteiger partial charge < -0.3 is 13.9 Å². The van der Waals surface area contributed by atoms with Gasteiger partial charge in [-0.2, -0.15) is 0 Å². The summed E-state index contributed by atoms with van der Waals surface area (Å²) in [6.45, 7) is 3.06. The standard InChI is InChI=1S/C7H8O3.C7H6O3/c2*1-5-4-10-6(3-8)2-7(5)9/h2,4,8H,3H2,1H3;2-4H,1H3. The molecule has 2 heterocycles. The molecule has 2 rings (SSSR count). The third-order valence-electron chi connectivity index (χ3n) is 2.37. The predicted octanol–water partition coefficient (Wildman–Crippen LogP) is 1.20. The van der Waals surface area contributed by atoms with Crippen LogP contribution < -0.4 is 10.9 Å². The number of aliphatic hydroxyl groups is 1. The van der Waals surface area contributed by atoms with Crippen molar-refractivity contribution in [1.29, 1.82) is 0 Å². The van der Waals surface area contributed by atoms with Crippen LogP contribution >= 0.6 is 0 Å². The van der Waals surface area contributed by atoms with Gasteiger partial charge in [0, 0.05) is 23.3 Å². The fourth-order valence-electron chi connectivity index (χ4n) is 1.15. The molecule has 0 amide bonds. The average molecular weight is 278 g/mol. The number of carbonyl (C=O) groups is 1. The highest BCUT2D eigenvalue weighted by Gasteiger charge is 1.96. The van der Waals surface area contributed by atoms with E-state index in [1.807, 2.05) is 0 Å². The molecule has 0 aliphatic rings. The maximum Gasteiger partial charge on any atom is 0.188 e. The summed E-state index contributed by atoms with van der Waals surface area (Å²) in [6, 6.07) is 2.46. The minimum Gasteiger partial charge on any atom is -0.466 e. The third-order valence-corrected chi connectivity index (χ3v) is 2.37. The van der Waals surface area contributed by atoms with Crippen molar-refractivity contribution in [2.24, 2.45) is 0 Å². The summed E-state index contributed by atoms with van der Waals surface area (Å²) >= 11 is 0. The Morgan fingerprint density at radius 1 is 1.05 bits per heavy atom. The molecular formula is C14H14O6. The van der Waals surface area contributed by atoms with E-state index in [2.05, 4.69) is 0 Å². The number of hydrogen-bond acceptors (Lipinski definition) is 6. The van der Waals surface area contributed by atoms with E-state index in [1.165, 1.54) is 24.7 Å². The van der Waals surface area contributed by atoms with Crippen LogP contribution in [-0.2, 0) is 6.61 Å². The highest BCUT2D eigenvalue weighted by atomic mass is 16.4. The first kappa shape index (κ1) is 15.6. The van der Waals surface area contributed by atoms with Crippen LogP contribution in [0.1, 0.15) is 27.4 Å². The topological polar surface area (TPSA) is 97.7 Å². The number of aldehydes is 1. The van der Waals surface area contributed by atoms with E-state index in [1.54, 1.807) is 13.8 Å². The molecular weight excluding hydrogens is 264 g/mol. The Hall–Kier alpha value is -2.47. The van der Waals surface area contributed by atoms with Gasteiger partial charge in [0.05, 0.1) is 12.5 Å². The van der Waals surface area contributed by atoms with E-state index < -0.39 is 0 Å². The highest BCUT2D eigenvalue weighted by Crippen LogP contribution is 1.96. The van der Waals surface area contributed by atoms with Crippen molar-refractivity contribution in [3.05, 3.63) is 67.8 Å². The van der Waals surface area contributed by atoms with Gasteiger partial charge in [-0.25, -0.2) is 0 Å². The quantitative estimate of drug-likeness (QED) is 0.829. The molecule has 6 heteroatoms. The molecule has 2 aromatic heterocycles. The van der Waals surface area contributed by atoms with Gasteiger partial charge in [0.25, 0.3) is 0 Å². The minimum absolute atomic E-state index is 0.0654. The van der Waals surface area contributed by atoms with Gasteiger partial charge in [-0.1, -0.05) is 0 Å². The van der Waals surface area contributed by atoms with Crippen LogP contribution in [0.3, 0.4) is 0 Å². The maximum absolute atomic E-state index is 10.8. The molecule has 0 aliphatic carbocycles. The van der Waals surface area contributed by atoms with Crippen LogP contribution in [0.4, 0.5) is 0 Å². The van der Waals surface area contributed by atoms with Crippen LogP contribution in [0, 0.1) is 13.8 Å². The van der Waals surface area contributed by atoms with Crippen LogP contribution in [0.15, 0.2) is 43.1 Å². The molecule has 106 valence electrons. The van der Waals surface area contributed by atoms with Crippen LogP contribution in [-0.4, -0.2) is 11.4 Å². The molecule has 0 radical (unpaired) electrons. The summed E-state index contributed by atoms with van der Waals surface area (Å²) in [5.41, 5.74) is 0.784. The van der Waals surface area contributed by atoms with E-state index >= 15 is 0 Å². The summed E-state index contributed by atoms with van der Waals surface area (Å²) in [4.78, 5) is 31.6. The molecule has 0 atom stereocenters. The lowest BCUT2D eigenvalue weighted by atomic mass is 10.3. The van der Waals surface area contributed by atoms with Gasteiger partial charge in [0.15, 0.2) is 22.9 Å². The zero-order chi connectivity index (χ0) is 15.1. The predicted molar refractivity (Wildman–Crippen MR) is 70.7 cm³/mol. The Morgan fingerprint density at radius 2 is 1.60 bits per heavy atom. The van der Waals surface area contributed by atoms with Crippen molar-refractivity contribution in [1.82, 2.24) is 0 Å². The Labute approximate surface area is 114 Å². The van der Waals surface area contributed by atoms with Gasteiger partial charge in [0.2, 0.25) is 0 Å². The molecule has 0 unspecified atom stereocenters. The van der Waals surface area contributed by atoms with Crippen LogP contribution in [0.2, 0.25) is 0 Å². The lowest BCUT2D eigenvalue weighted by molar-refractivity contribution is 0.109. The van der Waals surface area contributed by atoms with E-state index in [4.69, 9.17) is 13.9 Å². The Morgan fingerprint density at radius 3 is 2.05 bits per heavy atom. The van der Waals surface area contributed by atoms with Crippen molar-refractivity contribution in [3.8, 4) is 0 Å². The lowest BCUT2D eigenvalue weighted by Crippen LogP contribution is -2.03. The zero-order valence-electron chi connectivity index (χ0n) is 11.1.